The lowest BCUT2D eigenvalue weighted by molar-refractivity contribution is 0.128. The summed E-state index contributed by atoms with van der Waals surface area (Å²) in [5.74, 6) is -2.56. The van der Waals surface area contributed by atoms with Crippen LogP contribution in [0.2, 0.25) is 5.02 Å². The first-order valence-corrected chi connectivity index (χ1v) is 12.0. The van der Waals surface area contributed by atoms with E-state index in [9.17, 15) is 22.0 Å². The minimum atomic E-state index is -4.19. The molecule has 9 heteroatoms. The number of halogens is 3. The van der Waals surface area contributed by atoms with Crippen LogP contribution in [0.4, 0.5) is 13.6 Å². The van der Waals surface area contributed by atoms with Gasteiger partial charge in [-0.25, -0.2) is 22.0 Å². The lowest BCUT2D eigenvalue weighted by Gasteiger charge is -2.25. The van der Waals surface area contributed by atoms with Gasteiger partial charge in [0.25, 0.3) is 0 Å². The van der Waals surface area contributed by atoms with Crippen LogP contribution < -0.4 is 5.32 Å². The summed E-state index contributed by atoms with van der Waals surface area (Å²) in [7, 11) is -4.19. The Morgan fingerprint density at radius 2 is 1.70 bits per heavy atom. The van der Waals surface area contributed by atoms with Gasteiger partial charge in [0, 0.05) is 23.0 Å². The zero-order valence-electron chi connectivity index (χ0n) is 17.7. The largest absolute Gasteiger partial charge is 0.449 e. The third-order valence-corrected chi connectivity index (χ3v) is 7.58. The van der Waals surface area contributed by atoms with E-state index in [1.165, 1.54) is 31.2 Å². The van der Waals surface area contributed by atoms with Crippen molar-refractivity contribution in [1.29, 1.82) is 0 Å². The number of nitrogens with one attached hydrogen (secondary N) is 1. The van der Waals surface area contributed by atoms with Crippen LogP contribution in [-0.4, -0.2) is 21.1 Å². The summed E-state index contributed by atoms with van der Waals surface area (Å²) >= 11 is 5.86. The van der Waals surface area contributed by atoms with E-state index in [-0.39, 0.29) is 23.6 Å². The van der Waals surface area contributed by atoms with Gasteiger partial charge in [-0.3, -0.25) is 0 Å². The Morgan fingerprint density at radius 3 is 2.36 bits per heavy atom. The van der Waals surface area contributed by atoms with Crippen molar-refractivity contribution < 1.29 is 26.7 Å². The average Bonchev–Trinajstić information content (AvgIpc) is 2.79. The molecule has 0 saturated heterocycles. The number of carbonyl (C=O) groups excluding carboxylic acids is 1. The fourth-order valence-electron chi connectivity index (χ4n) is 3.40. The van der Waals surface area contributed by atoms with Gasteiger partial charge < -0.3 is 10.1 Å². The van der Waals surface area contributed by atoms with Gasteiger partial charge in [0.15, 0.2) is 9.84 Å². The van der Waals surface area contributed by atoms with Crippen LogP contribution >= 0.6 is 11.6 Å². The van der Waals surface area contributed by atoms with Gasteiger partial charge in [0.2, 0.25) is 0 Å². The van der Waals surface area contributed by atoms with Gasteiger partial charge in [-0.2, -0.15) is 0 Å². The molecule has 0 aliphatic carbocycles. The van der Waals surface area contributed by atoms with Gasteiger partial charge in [-0.15, -0.1) is 0 Å². The minimum Gasteiger partial charge on any atom is -0.449 e. The van der Waals surface area contributed by atoms with E-state index in [1.807, 2.05) is 30.3 Å². The average molecular weight is 494 g/mol. The number of alkyl carbamates (subject to hydrolysis) is 1. The molecule has 0 fully saturated rings. The molecule has 0 aliphatic heterocycles. The van der Waals surface area contributed by atoms with Gasteiger partial charge in [0.05, 0.1) is 16.8 Å². The first-order chi connectivity index (χ1) is 15.7. The third kappa shape index (κ3) is 6.30. The minimum absolute atomic E-state index is 0.110. The highest BCUT2D eigenvalue weighted by Crippen LogP contribution is 2.37. The summed E-state index contributed by atoms with van der Waals surface area (Å²) < 4.78 is 60.6. The summed E-state index contributed by atoms with van der Waals surface area (Å²) in [5.41, 5.74) is 0.512. The molecule has 1 amide bonds. The van der Waals surface area contributed by atoms with Crippen LogP contribution in [-0.2, 0) is 21.1 Å². The quantitative estimate of drug-likeness (QED) is 0.437. The molecule has 0 spiro atoms. The molecule has 174 valence electrons. The second-order valence-electron chi connectivity index (χ2n) is 7.50. The van der Waals surface area contributed by atoms with Crippen LogP contribution in [0.5, 0.6) is 0 Å². The molecule has 33 heavy (non-hydrogen) atoms. The number of sulfone groups is 1. The van der Waals surface area contributed by atoms with E-state index in [2.05, 4.69) is 5.32 Å². The molecule has 0 aromatic heterocycles. The summed E-state index contributed by atoms with van der Waals surface area (Å²) in [6.45, 7) is 1.38. The Labute approximate surface area is 196 Å². The molecule has 3 rings (SSSR count). The van der Waals surface area contributed by atoms with Crippen molar-refractivity contribution in [3.8, 4) is 0 Å². The molecule has 0 radical (unpaired) electrons. The molecule has 0 saturated carbocycles. The van der Waals surface area contributed by atoms with Crippen LogP contribution in [0.1, 0.15) is 23.3 Å². The first kappa shape index (κ1) is 24.7. The van der Waals surface area contributed by atoms with E-state index in [0.29, 0.717) is 5.02 Å². The van der Waals surface area contributed by atoms with Crippen LogP contribution in [0.3, 0.4) is 0 Å². The van der Waals surface area contributed by atoms with E-state index in [0.717, 1.165) is 23.8 Å². The molecule has 0 heterocycles. The molecule has 0 aliphatic rings. The standard InChI is InChI=1S/C24H22ClF2NO4S/c1-16(15-32-24(29)28-14-17-5-3-2-4-6-17)23(21-13-19(26)9-12-22(21)27)33(30,31)20-10-7-18(25)8-11-20/h2-13,16,23H,14-15H2,1H3,(H,28,29)/t16-,23+/m1/s1. The number of carbonyl (C=O) groups is 1. The third-order valence-electron chi connectivity index (χ3n) is 5.01. The van der Waals surface area contributed by atoms with Gasteiger partial charge in [-0.05, 0) is 48.0 Å². The maximum absolute atomic E-state index is 14.6. The monoisotopic (exact) mass is 493 g/mol. The highest BCUT2D eigenvalue weighted by Gasteiger charge is 2.36. The van der Waals surface area contributed by atoms with E-state index >= 15 is 0 Å². The fourth-order valence-corrected chi connectivity index (χ4v) is 5.54. The SMILES string of the molecule is C[C@H](COC(=O)NCc1ccccc1)[C@@H](c1cc(F)ccc1F)S(=O)(=O)c1ccc(Cl)cc1. The summed E-state index contributed by atoms with van der Waals surface area (Å²) in [5, 5.41) is 1.40. The summed E-state index contributed by atoms with van der Waals surface area (Å²) in [6, 6.07) is 17.1. The molecule has 3 aromatic carbocycles. The Hall–Kier alpha value is -2.97. The smallest absolute Gasteiger partial charge is 0.407 e. The van der Waals surface area contributed by atoms with Crippen molar-refractivity contribution in [2.24, 2.45) is 5.92 Å². The van der Waals surface area contributed by atoms with E-state index in [4.69, 9.17) is 16.3 Å². The summed E-state index contributed by atoms with van der Waals surface area (Å²) in [6.07, 6.45) is -0.756. The predicted molar refractivity (Wildman–Crippen MR) is 122 cm³/mol. The van der Waals surface area contributed by atoms with Crippen LogP contribution in [0.25, 0.3) is 0 Å². The van der Waals surface area contributed by atoms with Crippen molar-refractivity contribution in [2.75, 3.05) is 6.61 Å². The molecule has 0 bridgehead atoms. The van der Waals surface area contributed by atoms with Crippen molar-refractivity contribution in [1.82, 2.24) is 5.32 Å². The van der Waals surface area contributed by atoms with E-state index < -0.39 is 38.7 Å². The molecular formula is C24H22ClF2NO4S. The topological polar surface area (TPSA) is 72.5 Å². The highest BCUT2D eigenvalue weighted by molar-refractivity contribution is 7.91. The van der Waals surface area contributed by atoms with Gasteiger partial charge in [-0.1, -0.05) is 48.9 Å². The van der Waals surface area contributed by atoms with E-state index in [1.54, 1.807) is 0 Å². The molecule has 1 N–H and O–H groups in total. The molecule has 2 atom stereocenters. The molecule has 0 unspecified atom stereocenters. The maximum Gasteiger partial charge on any atom is 0.407 e. The second kappa shape index (κ2) is 10.8. The maximum atomic E-state index is 14.6. The number of hydrogen-bond acceptors (Lipinski definition) is 4. The number of amides is 1. The Kier molecular flexibility index (Phi) is 8.05. The Bertz CT molecular complexity index is 1200. The zero-order chi connectivity index (χ0) is 24.0. The number of ether oxygens (including phenoxy) is 1. The fraction of sp³-hybridized carbons (Fsp3) is 0.208. The van der Waals surface area contributed by atoms with Crippen molar-refractivity contribution in [2.45, 2.75) is 23.6 Å². The molecule has 5 nitrogen and oxygen atoms in total. The lowest BCUT2D eigenvalue weighted by Crippen LogP contribution is -2.29. The van der Waals surface area contributed by atoms with Crippen LogP contribution in [0.15, 0.2) is 77.7 Å². The van der Waals surface area contributed by atoms with Crippen LogP contribution in [0, 0.1) is 17.6 Å². The second-order valence-corrected chi connectivity index (χ2v) is 10.0. The molecule has 3 aromatic rings. The van der Waals surface area contributed by atoms with Gasteiger partial charge in [0.1, 0.15) is 11.6 Å². The normalized spacial score (nSPS) is 13.2. The lowest BCUT2D eigenvalue weighted by atomic mass is 10.0. The summed E-state index contributed by atoms with van der Waals surface area (Å²) in [4.78, 5) is 12.0. The first-order valence-electron chi connectivity index (χ1n) is 10.1. The van der Waals surface area contributed by atoms with Crippen molar-refractivity contribution in [3.05, 3.63) is 101 Å². The number of benzene rings is 3. The molecular weight excluding hydrogens is 472 g/mol. The van der Waals surface area contributed by atoms with Crippen molar-refractivity contribution >= 4 is 27.5 Å². The number of hydrogen-bond donors (Lipinski definition) is 1. The Balaban J connectivity index is 1.82. The Morgan fingerprint density at radius 1 is 1.03 bits per heavy atom. The highest BCUT2D eigenvalue weighted by atomic mass is 35.5. The predicted octanol–water partition coefficient (Wildman–Crippen LogP) is 5.70. The van der Waals surface area contributed by atoms with Gasteiger partial charge >= 0.3 is 6.09 Å². The van der Waals surface area contributed by atoms with Crippen molar-refractivity contribution in [3.63, 3.8) is 0 Å². The number of rotatable bonds is 8. The zero-order valence-corrected chi connectivity index (χ0v) is 19.2.